The molecule has 1 aliphatic rings. The van der Waals surface area contributed by atoms with Crippen LogP contribution in [0.15, 0.2) is 54.6 Å². The first-order valence-corrected chi connectivity index (χ1v) is 8.91. The predicted octanol–water partition coefficient (Wildman–Crippen LogP) is 4.87. The molecule has 0 N–H and O–H groups in total. The lowest BCUT2D eigenvalue weighted by molar-refractivity contribution is 0.178. The number of nitrogens with zero attached hydrogens (tertiary/aromatic N) is 2. The van der Waals surface area contributed by atoms with Gasteiger partial charge in [0.2, 0.25) is 0 Å². The van der Waals surface area contributed by atoms with Crippen LogP contribution in [0, 0.1) is 11.3 Å². The third kappa shape index (κ3) is 3.37. The quantitative estimate of drug-likeness (QED) is 0.804. The van der Waals surface area contributed by atoms with Crippen molar-refractivity contribution in [1.29, 1.82) is 5.26 Å². The molecule has 0 atom stereocenters. The zero-order valence-corrected chi connectivity index (χ0v) is 14.7. The monoisotopic (exact) mass is 318 g/mol. The van der Waals surface area contributed by atoms with E-state index in [-0.39, 0.29) is 5.41 Å². The highest BCUT2D eigenvalue weighted by atomic mass is 15.1. The molecule has 0 unspecified atom stereocenters. The van der Waals surface area contributed by atoms with Crippen molar-refractivity contribution in [2.45, 2.75) is 44.6 Å². The van der Waals surface area contributed by atoms with Gasteiger partial charge in [-0.2, -0.15) is 5.26 Å². The summed E-state index contributed by atoms with van der Waals surface area (Å²) in [7, 11) is 0. The van der Waals surface area contributed by atoms with Crippen LogP contribution in [0.1, 0.15) is 49.3 Å². The van der Waals surface area contributed by atoms with E-state index in [4.69, 9.17) is 0 Å². The van der Waals surface area contributed by atoms with Crippen molar-refractivity contribution in [3.05, 3.63) is 71.3 Å². The van der Waals surface area contributed by atoms with Crippen molar-refractivity contribution >= 4 is 0 Å². The lowest BCUT2D eigenvalue weighted by Gasteiger charge is -2.39. The second kappa shape index (κ2) is 7.20. The Balaban J connectivity index is 1.77. The number of rotatable bonds is 4. The van der Waals surface area contributed by atoms with E-state index in [9.17, 15) is 5.26 Å². The molecular weight excluding hydrogens is 292 g/mol. The van der Waals surface area contributed by atoms with Gasteiger partial charge >= 0.3 is 0 Å². The molecule has 1 fully saturated rings. The first kappa shape index (κ1) is 16.7. The molecule has 0 spiro atoms. The van der Waals surface area contributed by atoms with E-state index in [0.29, 0.717) is 5.92 Å². The minimum absolute atomic E-state index is 0.325. The van der Waals surface area contributed by atoms with E-state index in [1.807, 2.05) is 0 Å². The lowest BCUT2D eigenvalue weighted by Crippen LogP contribution is -2.42. The second-order valence-corrected chi connectivity index (χ2v) is 7.20. The van der Waals surface area contributed by atoms with Gasteiger partial charge in [-0.3, -0.25) is 4.90 Å². The van der Waals surface area contributed by atoms with Gasteiger partial charge in [-0.25, -0.2) is 0 Å². The Morgan fingerprint density at radius 2 is 1.62 bits per heavy atom. The van der Waals surface area contributed by atoms with Crippen LogP contribution in [-0.2, 0) is 12.0 Å². The number of likely N-dealkylation sites (tertiary alicyclic amines) is 1. The maximum Gasteiger partial charge on any atom is 0.0849 e. The summed E-state index contributed by atoms with van der Waals surface area (Å²) in [6.07, 6.45) is 1.83. The zero-order chi connectivity index (χ0) is 17.0. The van der Waals surface area contributed by atoms with Crippen molar-refractivity contribution < 1.29 is 0 Å². The van der Waals surface area contributed by atoms with Gasteiger partial charge in [-0.15, -0.1) is 0 Å². The van der Waals surface area contributed by atoms with Crippen LogP contribution in [0.4, 0.5) is 0 Å². The fourth-order valence-corrected chi connectivity index (χ4v) is 3.81. The fraction of sp³-hybridized carbons (Fsp3) is 0.409. The van der Waals surface area contributed by atoms with Crippen LogP contribution < -0.4 is 0 Å². The Labute approximate surface area is 145 Å². The molecule has 2 nitrogen and oxygen atoms in total. The van der Waals surface area contributed by atoms with Crippen LogP contribution in [0.2, 0.25) is 0 Å². The van der Waals surface area contributed by atoms with Crippen LogP contribution in [0.25, 0.3) is 0 Å². The van der Waals surface area contributed by atoms with Gasteiger partial charge in [-0.1, -0.05) is 68.4 Å². The smallest absolute Gasteiger partial charge is 0.0849 e. The predicted molar refractivity (Wildman–Crippen MR) is 98.8 cm³/mol. The summed E-state index contributed by atoms with van der Waals surface area (Å²) >= 11 is 0. The Morgan fingerprint density at radius 1 is 1.00 bits per heavy atom. The number of hydrogen-bond donors (Lipinski definition) is 0. The largest absolute Gasteiger partial charge is 0.299 e. The van der Waals surface area contributed by atoms with Crippen LogP contribution in [0.5, 0.6) is 0 Å². The molecule has 1 aliphatic heterocycles. The summed E-state index contributed by atoms with van der Waals surface area (Å²) in [5.41, 5.74) is 3.61. The van der Waals surface area contributed by atoms with E-state index >= 15 is 0 Å². The Bertz CT molecular complexity index is 704. The van der Waals surface area contributed by atoms with Gasteiger partial charge in [0.25, 0.3) is 0 Å². The molecule has 0 saturated carbocycles. The van der Waals surface area contributed by atoms with Gasteiger partial charge in [-0.05, 0) is 35.4 Å². The minimum Gasteiger partial charge on any atom is -0.299 e. The summed E-state index contributed by atoms with van der Waals surface area (Å²) in [4.78, 5) is 2.48. The molecule has 3 rings (SSSR count). The summed E-state index contributed by atoms with van der Waals surface area (Å²) in [5, 5.41) is 10.0. The molecule has 0 aromatic heterocycles. The van der Waals surface area contributed by atoms with Gasteiger partial charge < -0.3 is 0 Å². The minimum atomic E-state index is -0.325. The molecule has 0 radical (unpaired) electrons. The number of hydrogen-bond acceptors (Lipinski definition) is 2. The van der Waals surface area contributed by atoms with Crippen molar-refractivity contribution in [3.63, 3.8) is 0 Å². The molecule has 24 heavy (non-hydrogen) atoms. The molecule has 1 heterocycles. The number of piperidine rings is 1. The third-order valence-electron chi connectivity index (χ3n) is 5.27. The SMILES string of the molecule is CC(C)c1ccccc1C1(C#N)CCN(Cc2ccccc2)CC1. The normalized spacial score (nSPS) is 17.6. The number of benzene rings is 2. The van der Waals surface area contributed by atoms with E-state index in [1.165, 1.54) is 16.7 Å². The molecule has 0 bridgehead atoms. The first-order valence-electron chi connectivity index (χ1n) is 8.91. The topological polar surface area (TPSA) is 27.0 Å². The van der Waals surface area contributed by atoms with Gasteiger partial charge in [0, 0.05) is 19.6 Å². The van der Waals surface area contributed by atoms with E-state index in [1.54, 1.807) is 0 Å². The lowest BCUT2D eigenvalue weighted by atomic mass is 9.71. The zero-order valence-electron chi connectivity index (χ0n) is 14.7. The van der Waals surface area contributed by atoms with Crippen LogP contribution in [0.3, 0.4) is 0 Å². The summed E-state index contributed by atoms with van der Waals surface area (Å²) in [6.45, 7) is 7.38. The van der Waals surface area contributed by atoms with E-state index in [0.717, 1.165) is 32.5 Å². The van der Waals surface area contributed by atoms with Gasteiger partial charge in [0.05, 0.1) is 11.5 Å². The molecule has 1 saturated heterocycles. The molecule has 2 aromatic rings. The van der Waals surface area contributed by atoms with E-state index in [2.05, 4.69) is 79.4 Å². The highest BCUT2D eigenvalue weighted by molar-refractivity contribution is 5.41. The molecule has 0 amide bonds. The van der Waals surface area contributed by atoms with Crippen LogP contribution in [-0.4, -0.2) is 18.0 Å². The highest BCUT2D eigenvalue weighted by Crippen LogP contribution is 2.39. The third-order valence-corrected chi connectivity index (χ3v) is 5.27. The Kier molecular flexibility index (Phi) is 5.02. The molecule has 124 valence electrons. The van der Waals surface area contributed by atoms with Gasteiger partial charge in [0.15, 0.2) is 0 Å². The van der Waals surface area contributed by atoms with E-state index < -0.39 is 0 Å². The molecule has 0 aliphatic carbocycles. The molecular formula is C22H26N2. The van der Waals surface area contributed by atoms with Crippen LogP contribution >= 0.6 is 0 Å². The summed E-state index contributed by atoms with van der Waals surface area (Å²) in [5.74, 6) is 0.453. The Morgan fingerprint density at radius 3 is 2.25 bits per heavy atom. The average molecular weight is 318 g/mol. The fourth-order valence-electron chi connectivity index (χ4n) is 3.81. The standard InChI is InChI=1S/C22H26N2/c1-18(2)20-10-6-7-11-21(20)22(17-23)12-14-24(15-13-22)16-19-8-4-3-5-9-19/h3-11,18H,12-16H2,1-2H3. The number of nitriles is 1. The van der Waals surface area contributed by atoms with Crippen molar-refractivity contribution in [3.8, 4) is 6.07 Å². The average Bonchev–Trinajstić information content (AvgIpc) is 2.63. The maximum atomic E-state index is 10.0. The maximum absolute atomic E-state index is 10.0. The first-order chi connectivity index (χ1) is 11.6. The van der Waals surface area contributed by atoms with Crippen molar-refractivity contribution in [2.75, 3.05) is 13.1 Å². The van der Waals surface area contributed by atoms with Gasteiger partial charge in [0.1, 0.15) is 0 Å². The summed E-state index contributed by atoms with van der Waals surface area (Å²) in [6, 6.07) is 21.8. The van der Waals surface area contributed by atoms with Crippen molar-refractivity contribution in [2.24, 2.45) is 0 Å². The second-order valence-electron chi connectivity index (χ2n) is 7.20. The highest BCUT2D eigenvalue weighted by Gasteiger charge is 2.38. The van der Waals surface area contributed by atoms with Crippen molar-refractivity contribution in [1.82, 2.24) is 4.90 Å². The Hall–Kier alpha value is -2.11. The summed E-state index contributed by atoms with van der Waals surface area (Å²) < 4.78 is 0. The molecule has 2 heteroatoms. The molecule has 2 aromatic carbocycles.